The number of rotatable bonds is 3. The topological polar surface area (TPSA) is 55.4 Å². The Morgan fingerprint density at radius 2 is 2.29 bits per heavy atom. The first-order chi connectivity index (χ1) is 6.67. The highest BCUT2D eigenvalue weighted by Gasteiger charge is 2.03. The average Bonchev–Trinajstić information content (AvgIpc) is 2.18. The van der Waals surface area contributed by atoms with Crippen LogP contribution in [0, 0.1) is 0 Å². The fourth-order valence-corrected chi connectivity index (χ4v) is 1.17. The second kappa shape index (κ2) is 4.62. The number of halogens is 1. The summed E-state index contributed by atoms with van der Waals surface area (Å²) >= 11 is 5.79. The van der Waals surface area contributed by atoms with Gasteiger partial charge in [0.1, 0.15) is 5.75 Å². The Balaban J connectivity index is 2.86. The molecule has 0 aliphatic rings. The van der Waals surface area contributed by atoms with Crippen LogP contribution in [0.15, 0.2) is 18.2 Å². The summed E-state index contributed by atoms with van der Waals surface area (Å²) in [6.45, 7) is 0. The average molecular weight is 214 g/mol. The van der Waals surface area contributed by atoms with Gasteiger partial charge in [-0.2, -0.15) is 0 Å². The number of carbonyl (C=O) groups is 2. The number of methoxy groups -OCH3 is 1. The summed E-state index contributed by atoms with van der Waals surface area (Å²) in [4.78, 5) is 20.7. The molecule has 0 atom stereocenters. The summed E-state index contributed by atoms with van der Waals surface area (Å²) in [7, 11) is 1.49. The normalized spacial score (nSPS) is 9.29. The molecule has 5 heteroatoms. The molecule has 1 aromatic carbocycles. The predicted molar refractivity (Wildman–Crippen MR) is 52.7 cm³/mol. The monoisotopic (exact) mass is 213 g/mol. The van der Waals surface area contributed by atoms with Gasteiger partial charge in [-0.25, -0.2) is 0 Å². The zero-order chi connectivity index (χ0) is 10.6. The van der Waals surface area contributed by atoms with Gasteiger partial charge in [0, 0.05) is 5.69 Å². The van der Waals surface area contributed by atoms with E-state index in [0.717, 1.165) is 0 Å². The number of benzene rings is 1. The first kappa shape index (κ1) is 10.5. The zero-order valence-electron chi connectivity index (χ0n) is 7.41. The van der Waals surface area contributed by atoms with Crippen LogP contribution < -0.4 is 10.1 Å². The van der Waals surface area contributed by atoms with Gasteiger partial charge in [0.05, 0.1) is 12.1 Å². The minimum atomic E-state index is -0.716. The van der Waals surface area contributed by atoms with E-state index in [4.69, 9.17) is 16.3 Å². The van der Waals surface area contributed by atoms with Crippen molar-refractivity contribution in [2.75, 3.05) is 12.4 Å². The van der Waals surface area contributed by atoms with Gasteiger partial charge in [0.25, 0.3) is 5.91 Å². The summed E-state index contributed by atoms with van der Waals surface area (Å²) in [6, 6.07) is 4.69. The molecule has 0 heterocycles. The fraction of sp³-hybridized carbons (Fsp3) is 0.111. The molecule has 0 bridgehead atoms. The molecule has 1 N–H and O–H groups in total. The van der Waals surface area contributed by atoms with Crippen molar-refractivity contribution >= 4 is 29.5 Å². The molecule has 4 nitrogen and oxygen atoms in total. The summed E-state index contributed by atoms with van der Waals surface area (Å²) in [6.07, 6.45) is 0.193. The number of carbonyl (C=O) groups excluding carboxylic acids is 2. The molecule has 0 unspecified atom stereocenters. The third-order valence-corrected chi connectivity index (χ3v) is 1.82. The number of hydrogen-bond acceptors (Lipinski definition) is 3. The molecule has 0 aromatic heterocycles. The molecule has 14 heavy (non-hydrogen) atoms. The Labute approximate surface area is 85.8 Å². The smallest absolute Gasteiger partial charge is 0.288 e. The van der Waals surface area contributed by atoms with E-state index >= 15 is 0 Å². The van der Waals surface area contributed by atoms with E-state index < -0.39 is 5.91 Å². The van der Waals surface area contributed by atoms with E-state index in [0.29, 0.717) is 16.5 Å². The summed E-state index contributed by atoms with van der Waals surface area (Å²) in [5, 5.41) is 2.71. The van der Waals surface area contributed by atoms with Crippen molar-refractivity contribution in [2.45, 2.75) is 0 Å². The van der Waals surface area contributed by atoms with Crippen LogP contribution >= 0.6 is 11.6 Å². The SMILES string of the molecule is COc1ccc(NC(=O)C=O)cc1Cl. The van der Waals surface area contributed by atoms with Crippen molar-refractivity contribution in [1.29, 1.82) is 0 Å². The maximum atomic E-state index is 10.7. The van der Waals surface area contributed by atoms with Crippen LogP contribution in [0.2, 0.25) is 5.02 Å². The number of hydrogen-bond donors (Lipinski definition) is 1. The first-order valence-corrected chi connectivity index (χ1v) is 4.15. The van der Waals surface area contributed by atoms with Crippen LogP contribution in [0.4, 0.5) is 5.69 Å². The molecule has 0 fully saturated rings. The second-order valence-electron chi connectivity index (χ2n) is 2.46. The zero-order valence-corrected chi connectivity index (χ0v) is 8.17. The second-order valence-corrected chi connectivity index (χ2v) is 2.86. The minimum Gasteiger partial charge on any atom is -0.495 e. The first-order valence-electron chi connectivity index (χ1n) is 3.77. The Hall–Kier alpha value is -1.55. The van der Waals surface area contributed by atoms with E-state index in [1.54, 1.807) is 12.1 Å². The molecule has 1 amide bonds. The molecule has 74 valence electrons. The molecular formula is C9H8ClNO3. The van der Waals surface area contributed by atoms with E-state index in [2.05, 4.69) is 5.32 Å². The van der Waals surface area contributed by atoms with Crippen LogP contribution in [0.1, 0.15) is 0 Å². The quantitative estimate of drug-likeness (QED) is 0.611. The Morgan fingerprint density at radius 3 is 2.79 bits per heavy atom. The third-order valence-electron chi connectivity index (χ3n) is 1.53. The largest absolute Gasteiger partial charge is 0.495 e. The molecule has 1 aromatic rings. The van der Waals surface area contributed by atoms with Crippen LogP contribution in [0.25, 0.3) is 0 Å². The molecule has 0 aliphatic heterocycles. The van der Waals surface area contributed by atoms with Crippen molar-refractivity contribution in [2.24, 2.45) is 0 Å². The number of anilines is 1. The number of aldehydes is 1. The minimum absolute atomic E-state index is 0.193. The van der Waals surface area contributed by atoms with Gasteiger partial charge in [-0.05, 0) is 18.2 Å². The van der Waals surface area contributed by atoms with Gasteiger partial charge in [-0.3, -0.25) is 9.59 Å². The van der Waals surface area contributed by atoms with Gasteiger partial charge < -0.3 is 10.1 Å². The lowest BCUT2D eigenvalue weighted by Crippen LogP contribution is -2.11. The van der Waals surface area contributed by atoms with Crippen molar-refractivity contribution in [3.63, 3.8) is 0 Å². The van der Waals surface area contributed by atoms with E-state index in [1.165, 1.54) is 13.2 Å². The summed E-state index contributed by atoms with van der Waals surface area (Å²) in [5.74, 6) is -0.206. The lowest BCUT2D eigenvalue weighted by atomic mass is 10.3. The number of nitrogens with one attached hydrogen (secondary N) is 1. The molecule has 0 saturated heterocycles. The lowest BCUT2D eigenvalue weighted by molar-refractivity contribution is -0.127. The van der Waals surface area contributed by atoms with E-state index in [-0.39, 0.29) is 6.29 Å². The fourth-order valence-electron chi connectivity index (χ4n) is 0.916. The highest BCUT2D eigenvalue weighted by atomic mass is 35.5. The van der Waals surface area contributed by atoms with Crippen molar-refractivity contribution in [3.8, 4) is 5.75 Å². The molecule has 0 radical (unpaired) electrons. The van der Waals surface area contributed by atoms with E-state index in [9.17, 15) is 9.59 Å². The van der Waals surface area contributed by atoms with Crippen LogP contribution in [-0.2, 0) is 9.59 Å². The molecular weight excluding hydrogens is 206 g/mol. The Morgan fingerprint density at radius 1 is 1.57 bits per heavy atom. The Kier molecular flexibility index (Phi) is 3.48. The highest BCUT2D eigenvalue weighted by Crippen LogP contribution is 2.26. The predicted octanol–water partition coefficient (Wildman–Crippen LogP) is 1.49. The standard InChI is InChI=1S/C9H8ClNO3/c1-14-8-3-2-6(4-7(8)10)11-9(13)5-12/h2-5H,1H3,(H,11,13). The molecule has 1 rings (SSSR count). The van der Waals surface area contributed by atoms with Crippen molar-refractivity contribution < 1.29 is 14.3 Å². The molecule has 0 saturated carbocycles. The van der Waals surface area contributed by atoms with Crippen LogP contribution in [0.3, 0.4) is 0 Å². The number of amides is 1. The van der Waals surface area contributed by atoms with Gasteiger partial charge in [-0.15, -0.1) is 0 Å². The number of ether oxygens (including phenoxy) is 1. The molecule has 0 aliphatic carbocycles. The van der Waals surface area contributed by atoms with E-state index in [1.807, 2.05) is 0 Å². The van der Waals surface area contributed by atoms with Gasteiger partial charge in [0.15, 0.2) is 0 Å². The maximum Gasteiger partial charge on any atom is 0.288 e. The highest BCUT2D eigenvalue weighted by molar-refractivity contribution is 6.33. The van der Waals surface area contributed by atoms with Crippen LogP contribution in [-0.4, -0.2) is 19.3 Å². The molecule has 0 spiro atoms. The summed E-state index contributed by atoms with van der Waals surface area (Å²) < 4.78 is 4.92. The Bertz CT molecular complexity index is 365. The van der Waals surface area contributed by atoms with Gasteiger partial charge in [-0.1, -0.05) is 11.6 Å². The van der Waals surface area contributed by atoms with Crippen LogP contribution in [0.5, 0.6) is 5.75 Å². The maximum absolute atomic E-state index is 10.7. The lowest BCUT2D eigenvalue weighted by Gasteiger charge is -2.05. The third kappa shape index (κ3) is 2.47. The van der Waals surface area contributed by atoms with Gasteiger partial charge >= 0.3 is 0 Å². The summed E-state index contributed by atoms with van der Waals surface area (Å²) in [5.41, 5.74) is 0.452. The van der Waals surface area contributed by atoms with Crippen molar-refractivity contribution in [3.05, 3.63) is 23.2 Å². The van der Waals surface area contributed by atoms with Crippen molar-refractivity contribution in [1.82, 2.24) is 0 Å². The van der Waals surface area contributed by atoms with Gasteiger partial charge in [0.2, 0.25) is 6.29 Å².